The summed E-state index contributed by atoms with van der Waals surface area (Å²) in [6, 6.07) is 6.88. The number of carboxylic acid groups (broad SMARTS) is 1. The summed E-state index contributed by atoms with van der Waals surface area (Å²) < 4.78 is 0. The molecule has 196 valence electrons. The second-order valence-corrected chi connectivity index (χ2v) is 10.7. The topological polar surface area (TPSA) is 129 Å². The largest absolute Gasteiger partial charge is 0.481 e. The molecular formula is C26H31Cl2N7O2. The summed E-state index contributed by atoms with van der Waals surface area (Å²) in [6.45, 7) is 6.55. The third-order valence-electron chi connectivity index (χ3n) is 7.20. The van der Waals surface area contributed by atoms with Gasteiger partial charge in [0.15, 0.2) is 11.5 Å². The van der Waals surface area contributed by atoms with E-state index in [2.05, 4.69) is 20.1 Å². The molecule has 1 aromatic carbocycles. The van der Waals surface area contributed by atoms with Crippen molar-refractivity contribution >= 4 is 46.5 Å². The molecule has 2 saturated heterocycles. The lowest BCUT2D eigenvalue weighted by Crippen LogP contribution is -2.54. The number of aliphatic carboxylic acids is 1. The van der Waals surface area contributed by atoms with E-state index in [0.717, 1.165) is 44.7 Å². The number of carbonyl (C=O) groups is 1. The minimum Gasteiger partial charge on any atom is -0.481 e. The van der Waals surface area contributed by atoms with Gasteiger partial charge in [-0.15, -0.1) is 0 Å². The summed E-state index contributed by atoms with van der Waals surface area (Å²) in [4.78, 5) is 24.6. The van der Waals surface area contributed by atoms with Gasteiger partial charge in [0.2, 0.25) is 0 Å². The van der Waals surface area contributed by atoms with Crippen LogP contribution >= 0.6 is 23.2 Å². The number of benzene rings is 1. The van der Waals surface area contributed by atoms with Gasteiger partial charge in [-0.2, -0.15) is 5.26 Å². The Kier molecular flexibility index (Phi) is 8.85. The van der Waals surface area contributed by atoms with Crippen molar-refractivity contribution in [1.29, 1.82) is 10.7 Å². The maximum absolute atomic E-state index is 10.8. The molecular weight excluding hydrogens is 513 g/mol. The van der Waals surface area contributed by atoms with E-state index in [1.54, 1.807) is 18.3 Å². The fourth-order valence-electron chi connectivity index (χ4n) is 5.14. The average molecular weight is 544 g/mol. The Hall–Kier alpha value is -2.93. The van der Waals surface area contributed by atoms with Crippen molar-refractivity contribution in [3.63, 3.8) is 0 Å². The predicted molar refractivity (Wildman–Crippen MR) is 145 cm³/mol. The van der Waals surface area contributed by atoms with Crippen LogP contribution < -0.4 is 10.2 Å². The lowest BCUT2D eigenvalue weighted by atomic mass is 9.80. The smallest absolute Gasteiger partial charge is 0.303 e. The zero-order valence-electron chi connectivity index (χ0n) is 20.8. The van der Waals surface area contributed by atoms with Crippen molar-refractivity contribution in [3.8, 4) is 6.07 Å². The summed E-state index contributed by atoms with van der Waals surface area (Å²) in [7, 11) is 0. The normalized spacial score (nSPS) is 19.1. The van der Waals surface area contributed by atoms with Gasteiger partial charge in [0.1, 0.15) is 17.6 Å². The molecule has 2 aliphatic rings. The van der Waals surface area contributed by atoms with Crippen LogP contribution in [0.3, 0.4) is 0 Å². The Morgan fingerprint density at radius 3 is 2.81 bits per heavy atom. The minimum atomic E-state index is -0.736. The molecule has 2 aliphatic heterocycles. The molecule has 0 spiro atoms. The quantitative estimate of drug-likeness (QED) is 0.362. The van der Waals surface area contributed by atoms with E-state index >= 15 is 0 Å². The molecule has 37 heavy (non-hydrogen) atoms. The summed E-state index contributed by atoms with van der Waals surface area (Å²) in [5.41, 5.74) is 0.758. The second kappa shape index (κ2) is 12.1. The van der Waals surface area contributed by atoms with Gasteiger partial charge in [-0.25, -0.2) is 9.97 Å². The molecule has 0 aliphatic carbocycles. The lowest BCUT2D eigenvalue weighted by Gasteiger charge is -2.47. The second-order valence-electron chi connectivity index (χ2n) is 9.81. The van der Waals surface area contributed by atoms with E-state index in [9.17, 15) is 10.1 Å². The SMILES string of the molecule is C[C@@H](Nc1nc(N2CC(C3CCCN(CCCC(=O)O)C3)C2)cnc1C(=N)C#N)c1ccc(Cl)cc1Cl. The number of nitrogens with one attached hydrogen (secondary N) is 2. The van der Waals surface area contributed by atoms with Crippen LogP contribution in [-0.2, 0) is 4.79 Å². The predicted octanol–water partition coefficient (Wildman–Crippen LogP) is 4.86. The number of nitrogens with zero attached hydrogens (tertiary/aromatic N) is 5. The third kappa shape index (κ3) is 6.69. The number of piperidine rings is 1. The number of rotatable bonds is 10. The van der Waals surface area contributed by atoms with Crippen molar-refractivity contribution in [2.24, 2.45) is 11.8 Å². The molecule has 0 radical (unpaired) electrons. The molecule has 3 N–H and O–H groups in total. The van der Waals surface area contributed by atoms with E-state index in [4.69, 9.17) is 38.7 Å². The molecule has 9 nitrogen and oxygen atoms in total. The Bertz CT molecular complexity index is 1200. The van der Waals surface area contributed by atoms with E-state index in [1.807, 2.05) is 19.1 Å². The average Bonchev–Trinajstić information content (AvgIpc) is 2.83. The van der Waals surface area contributed by atoms with Crippen molar-refractivity contribution in [3.05, 3.63) is 45.7 Å². The molecule has 0 saturated carbocycles. The zero-order chi connectivity index (χ0) is 26.5. The number of aromatic nitrogens is 2. The monoisotopic (exact) mass is 543 g/mol. The van der Waals surface area contributed by atoms with E-state index in [0.29, 0.717) is 39.9 Å². The summed E-state index contributed by atoms with van der Waals surface area (Å²) in [5, 5.41) is 30.6. The highest BCUT2D eigenvalue weighted by molar-refractivity contribution is 6.35. The lowest BCUT2D eigenvalue weighted by molar-refractivity contribution is -0.137. The molecule has 0 bridgehead atoms. The Morgan fingerprint density at radius 1 is 1.32 bits per heavy atom. The standard InChI is InChI=1S/C26H31Cl2N7O2/c1-16(20-7-6-19(27)10-21(20)28)32-26-25(22(30)11-29)31-12-23(33-26)35-14-18(15-35)17-4-2-8-34(13-17)9-3-5-24(36)37/h6-7,10,12,16-18,30H,2-5,8-9,13-15H2,1H3,(H,32,33)(H,36,37)/t16-,17?/m1/s1. The van der Waals surface area contributed by atoms with Gasteiger partial charge in [-0.1, -0.05) is 29.3 Å². The molecule has 0 amide bonds. The van der Waals surface area contributed by atoms with Gasteiger partial charge in [0.25, 0.3) is 0 Å². The van der Waals surface area contributed by atoms with Crippen LogP contribution in [0, 0.1) is 28.6 Å². The number of nitriles is 1. The first-order chi connectivity index (χ1) is 17.7. The van der Waals surface area contributed by atoms with Crippen LogP contribution in [0.25, 0.3) is 0 Å². The van der Waals surface area contributed by atoms with Crippen LogP contribution in [0.4, 0.5) is 11.6 Å². The van der Waals surface area contributed by atoms with Crippen molar-refractivity contribution in [2.75, 3.05) is 42.9 Å². The Balaban J connectivity index is 1.42. The number of hydrogen-bond acceptors (Lipinski definition) is 8. The number of hydrogen-bond donors (Lipinski definition) is 3. The van der Waals surface area contributed by atoms with E-state index in [1.165, 1.54) is 6.42 Å². The third-order valence-corrected chi connectivity index (χ3v) is 7.76. The fraction of sp³-hybridized carbons (Fsp3) is 0.500. The van der Waals surface area contributed by atoms with Crippen LogP contribution in [-0.4, -0.2) is 64.4 Å². The molecule has 11 heteroatoms. The summed E-state index contributed by atoms with van der Waals surface area (Å²) >= 11 is 12.4. The first-order valence-corrected chi connectivity index (χ1v) is 13.3. The van der Waals surface area contributed by atoms with Gasteiger partial charge < -0.3 is 20.2 Å². The number of halogens is 2. The Labute approximate surface area is 226 Å². The molecule has 1 aromatic heterocycles. The van der Waals surface area contributed by atoms with Gasteiger partial charge in [0.05, 0.1) is 12.2 Å². The summed E-state index contributed by atoms with van der Waals surface area (Å²) in [5.74, 6) is 1.47. The molecule has 3 heterocycles. The van der Waals surface area contributed by atoms with Crippen LogP contribution in [0.2, 0.25) is 10.0 Å². The van der Waals surface area contributed by atoms with Crippen LogP contribution in [0.1, 0.15) is 49.9 Å². The van der Waals surface area contributed by atoms with Crippen LogP contribution in [0.15, 0.2) is 24.4 Å². The molecule has 2 atom stereocenters. The van der Waals surface area contributed by atoms with Crippen molar-refractivity contribution in [2.45, 2.75) is 38.6 Å². The maximum atomic E-state index is 10.8. The molecule has 2 aromatic rings. The van der Waals surface area contributed by atoms with Crippen molar-refractivity contribution < 1.29 is 9.90 Å². The number of carboxylic acids is 1. The molecule has 1 unspecified atom stereocenters. The molecule has 4 rings (SSSR count). The highest BCUT2D eigenvalue weighted by Crippen LogP contribution is 2.34. The highest BCUT2D eigenvalue weighted by atomic mass is 35.5. The molecule has 2 fully saturated rings. The first kappa shape index (κ1) is 27.1. The fourth-order valence-corrected chi connectivity index (χ4v) is 5.71. The number of likely N-dealkylation sites (tertiary alicyclic amines) is 1. The van der Waals surface area contributed by atoms with E-state index in [-0.39, 0.29) is 23.9 Å². The number of anilines is 2. The first-order valence-electron chi connectivity index (χ1n) is 12.5. The zero-order valence-corrected chi connectivity index (χ0v) is 22.3. The summed E-state index contributed by atoms with van der Waals surface area (Å²) in [6.07, 6.45) is 4.85. The maximum Gasteiger partial charge on any atom is 0.303 e. The van der Waals surface area contributed by atoms with E-state index < -0.39 is 5.97 Å². The minimum absolute atomic E-state index is 0.199. The van der Waals surface area contributed by atoms with Crippen LogP contribution in [0.5, 0.6) is 0 Å². The van der Waals surface area contributed by atoms with Gasteiger partial charge in [-0.05, 0) is 68.8 Å². The highest BCUT2D eigenvalue weighted by Gasteiger charge is 2.36. The Morgan fingerprint density at radius 2 is 2.11 bits per heavy atom. The van der Waals surface area contributed by atoms with Gasteiger partial charge in [-0.3, -0.25) is 10.2 Å². The van der Waals surface area contributed by atoms with Crippen molar-refractivity contribution in [1.82, 2.24) is 14.9 Å². The van der Waals surface area contributed by atoms with Gasteiger partial charge >= 0.3 is 5.97 Å². The van der Waals surface area contributed by atoms with Gasteiger partial charge in [0, 0.05) is 36.1 Å².